The van der Waals surface area contributed by atoms with Gasteiger partial charge in [-0.1, -0.05) is 49.4 Å². The van der Waals surface area contributed by atoms with Crippen molar-refractivity contribution in [2.24, 2.45) is 5.92 Å². The van der Waals surface area contributed by atoms with Crippen molar-refractivity contribution in [2.45, 2.75) is 32.2 Å². The van der Waals surface area contributed by atoms with Crippen molar-refractivity contribution in [1.82, 2.24) is 10.2 Å². The molecular formula is C22H25FN2O2. The Labute approximate surface area is 159 Å². The molecule has 4 nitrogen and oxygen atoms in total. The number of nitrogens with zero attached hydrogens (tertiary/aromatic N) is 1. The number of carbonyl (C=O) groups excluding carboxylic acids is 2. The van der Waals surface area contributed by atoms with E-state index in [1.165, 1.54) is 12.1 Å². The highest BCUT2D eigenvalue weighted by molar-refractivity contribution is 5.89. The van der Waals surface area contributed by atoms with Gasteiger partial charge in [-0.2, -0.15) is 0 Å². The quantitative estimate of drug-likeness (QED) is 0.849. The number of benzene rings is 2. The van der Waals surface area contributed by atoms with Gasteiger partial charge in [0.2, 0.25) is 11.8 Å². The summed E-state index contributed by atoms with van der Waals surface area (Å²) in [6.45, 7) is 3.30. The first-order chi connectivity index (χ1) is 13.0. The molecule has 2 aromatic carbocycles. The lowest BCUT2D eigenvalue weighted by atomic mass is 9.98. The Morgan fingerprint density at radius 2 is 1.67 bits per heavy atom. The van der Waals surface area contributed by atoms with E-state index in [0.29, 0.717) is 6.42 Å². The molecule has 1 unspecified atom stereocenters. The van der Waals surface area contributed by atoms with Crippen molar-refractivity contribution < 1.29 is 14.0 Å². The summed E-state index contributed by atoms with van der Waals surface area (Å²) in [6.07, 6.45) is 2.50. The average Bonchev–Trinajstić information content (AvgIpc) is 3.22. The minimum absolute atomic E-state index is 0.0546. The Bertz CT molecular complexity index is 771. The number of amides is 2. The van der Waals surface area contributed by atoms with E-state index in [-0.39, 0.29) is 23.5 Å². The monoisotopic (exact) mass is 368 g/mol. The highest BCUT2D eigenvalue weighted by Crippen LogP contribution is 2.20. The summed E-state index contributed by atoms with van der Waals surface area (Å²) in [7, 11) is 0. The Hall–Kier alpha value is -2.69. The summed E-state index contributed by atoms with van der Waals surface area (Å²) in [5.41, 5.74) is 1.68. The van der Waals surface area contributed by atoms with Gasteiger partial charge in [-0.15, -0.1) is 0 Å². The highest BCUT2D eigenvalue weighted by atomic mass is 19.1. The van der Waals surface area contributed by atoms with Crippen LogP contribution in [0.5, 0.6) is 0 Å². The van der Waals surface area contributed by atoms with Crippen LogP contribution in [0.4, 0.5) is 4.39 Å². The van der Waals surface area contributed by atoms with Crippen LogP contribution >= 0.6 is 0 Å². The summed E-state index contributed by atoms with van der Waals surface area (Å²) < 4.78 is 13.1. The minimum Gasteiger partial charge on any atom is -0.341 e. The molecule has 1 heterocycles. The molecule has 2 atom stereocenters. The Morgan fingerprint density at radius 1 is 1.04 bits per heavy atom. The van der Waals surface area contributed by atoms with E-state index < -0.39 is 6.04 Å². The van der Waals surface area contributed by atoms with E-state index in [0.717, 1.165) is 37.1 Å². The van der Waals surface area contributed by atoms with Gasteiger partial charge in [-0.25, -0.2) is 4.39 Å². The Kier molecular flexibility index (Phi) is 6.22. The van der Waals surface area contributed by atoms with Gasteiger partial charge in [-0.05, 0) is 42.5 Å². The Morgan fingerprint density at radius 3 is 2.30 bits per heavy atom. The molecule has 0 aliphatic carbocycles. The lowest BCUT2D eigenvalue weighted by Gasteiger charge is -2.25. The summed E-state index contributed by atoms with van der Waals surface area (Å²) in [4.78, 5) is 27.6. The molecule has 1 aliphatic rings. The van der Waals surface area contributed by atoms with E-state index in [1.807, 2.05) is 42.2 Å². The van der Waals surface area contributed by atoms with Gasteiger partial charge < -0.3 is 10.2 Å². The molecule has 0 radical (unpaired) electrons. The lowest BCUT2D eigenvalue weighted by molar-refractivity contribution is -0.136. The van der Waals surface area contributed by atoms with Gasteiger partial charge in [-0.3, -0.25) is 9.59 Å². The third kappa shape index (κ3) is 4.94. The standard InChI is InChI=1S/C22H25FN2O2/c1-16(15-17-9-11-19(23)12-10-17)21(26)24-20(18-7-3-2-4-8-18)22(27)25-13-5-6-14-25/h2-4,7-12,16,20H,5-6,13-15H2,1H3,(H,24,26)/t16?,20-/m0/s1. The molecule has 1 fully saturated rings. The summed E-state index contributed by atoms with van der Waals surface area (Å²) >= 11 is 0. The van der Waals surface area contributed by atoms with Gasteiger partial charge in [0.15, 0.2) is 0 Å². The van der Waals surface area contributed by atoms with Crippen LogP contribution in [-0.2, 0) is 16.0 Å². The smallest absolute Gasteiger partial charge is 0.249 e. The Balaban J connectivity index is 1.71. The first-order valence-corrected chi connectivity index (χ1v) is 9.43. The molecule has 1 saturated heterocycles. The number of hydrogen-bond donors (Lipinski definition) is 1. The van der Waals surface area contributed by atoms with E-state index in [4.69, 9.17) is 0 Å². The van der Waals surface area contributed by atoms with E-state index in [2.05, 4.69) is 5.32 Å². The molecule has 0 aromatic heterocycles. The molecule has 0 spiro atoms. The van der Waals surface area contributed by atoms with Crippen molar-refractivity contribution in [3.63, 3.8) is 0 Å². The fourth-order valence-corrected chi connectivity index (χ4v) is 3.40. The van der Waals surface area contributed by atoms with Crippen LogP contribution in [0, 0.1) is 11.7 Å². The topological polar surface area (TPSA) is 49.4 Å². The van der Waals surface area contributed by atoms with E-state index >= 15 is 0 Å². The average molecular weight is 368 g/mol. The number of rotatable bonds is 6. The van der Waals surface area contributed by atoms with Crippen molar-refractivity contribution in [2.75, 3.05) is 13.1 Å². The van der Waals surface area contributed by atoms with Crippen LogP contribution in [0.25, 0.3) is 0 Å². The maximum absolute atomic E-state index is 13.1. The number of likely N-dealkylation sites (tertiary alicyclic amines) is 1. The largest absolute Gasteiger partial charge is 0.341 e. The van der Waals surface area contributed by atoms with Crippen molar-refractivity contribution in [3.05, 3.63) is 71.5 Å². The second-order valence-corrected chi connectivity index (χ2v) is 7.12. The lowest BCUT2D eigenvalue weighted by Crippen LogP contribution is -2.43. The SMILES string of the molecule is CC(Cc1ccc(F)cc1)C(=O)N[C@H](C(=O)N1CCCC1)c1ccccc1. The van der Waals surface area contributed by atoms with Crippen molar-refractivity contribution in [1.29, 1.82) is 0 Å². The molecule has 2 aromatic rings. The van der Waals surface area contributed by atoms with Gasteiger partial charge in [0.25, 0.3) is 0 Å². The van der Waals surface area contributed by atoms with Gasteiger partial charge >= 0.3 is 0 Å². The van der Waals surface area contributed by atoms with E-state index in [1.54, 1.807) is 12.1 Å². The molecule has 0 bridgehead atoms. The second-order valence-electron chi connectivity index (χ2n) is 7.12. The second kappa shape index (κ2) is 8.80. The third-order valence-corrected chi connectivity index (χ3v) is 4.99. The number of carbonyl (C=O) groups is 2. The summed E-state index contributed by atoms with van der Waals surface area (Å²) in [5, 5.41) is 2.94. The zero-order valence-electron chi connectivity index (χ0n) is 15.5. The van der Waals surface area contributed by atoms with Gasteiger partial charge in [0.1, 0.15) is 11.9 Å². The van der Waals surface area contributed by atoms with Crippen molar-refractivity contribution in [3.8, 4) is 0 Å². The molecule has 3 rings (SSSR count). The normalized spacial score (nSPS) is 16.0. The van der Waals surface area contributed by atoms with Gasteiger partial charge in [0.05, 0.1) is 0 Å². The zero-order valence-corrected chi connectivity index (χ0v) is 15.5. The van der Waals surface area contributed by atoms with Gasteiger partial charge in [0, 0.05) is 19.0 Å². The molecule has 0 saturated carbocycles. The third-order valence-electron chi connectivity index (χ3n) is 4.99. The minimum atomic E-state index is -0.674. The van der Waals surface area contributed by atoms with Crippen LogP contribution in [0.3, 0.4) is 0 Å². The number of hydrogen-bond acceptors (Lipinski definition) is 2. The van der Waals surface area contributed by atoms with E-state index in [9.17, 15) is 14.0 Å². The predicted molar refractivity (Wildman–Crippen MR) is 102 cm³/mol. The molecule has 1 aliphatic heterocycles. The van der Waals surface area contributed by atoms with Crippen molar-refractivity contribution >= 4 is 11.8 Å². The van der Waals surface area contributed by atoms with Crippen LogP contribution in [-0.4, -0.2) is 29.8 Å². The maximum atomic E-state index is 13.1. The van der Waals surface area contributed by atoms with Crippen LogP contribution in [0.1, 0.15) is 36.9 Å². The molecular weight excluding hydrogens is 343 g/mol. The zero-order chi connectivity index (χ0) is 19.2. The number of nitrogens with one attached hydrogen (secondary N) is 1. The fourth-order valence-electron chi connectivity index (χ4n) is 3.40. The van der Waals surface area contributed by atoms with Crippen LogP contribution in [0.15, 0.2) is 54.6 Å². The molecule has 27 heavy (non-hydrogen) atoms. The first kappa shape index (κ1) is 19.1. The molecule has 5 heteroatoms. The predicted octanol–water partition coefficient (Wildman–Crippen LogP) is 3.48. The molecule has 2 amide bonds. The summed E-state index contributed by atoms with van der Waals surface area (Å²) in [5.74, 6) is -0.856. The fraction of sp³-hybridized carbons (Fsp3) is 0.364. The van der Waals surface area contributed by atoms with Crippen LogP contribution < -0.4 is 5.32 Å². The first-order valence-electron chi connectivity index (χ1n) is 9.43. The molecule has 142 valence electrons. The molecule has 1 N–H and O–H groups in total. The number of halogens is 1. The summed E-state index contributed by atoms with van der Waals surface area (Å²) in [6, 6.07) is 14.8. The highest BCUT2D eigenvalue weighted by Gasteiger charge is 2.30. The maximum Gasteiger partial charge on any atom is 0.249 e. The van der Waals surface area contributed by atoms with Crippen LogP contribution in [0.2, 0.25) is 0 Å².